The van der Waals surface area contributed by atoms with Gasteiger partial charge in [0.25, 0.3) is 5.56 Å². The van der Waals surface area contributed by atoms with E-state index in [2.05, 4.69) is 35.8 Å². The number of aromatic amines is 1. The van der Waals surface area contributed by atoms with Crippen LogP contribution in [0.15, 0.2) is 17.4 Å². The van der Waals surface area contributed by atoms with Crippen molar-refractivity contribution in [2.45, 2.75) is 70.3 Å². The monoisotopic (exact) mass is 384 g/mol. The average Bonchev–Trinajstić information content (AvgIpc) is 3.30. The molecule has 4 rings (SSSR count). The lowest BCUT2D eigenvalue weighted by Crippen LogP contribution is -2.47. The highest BCUT2D eigenvalue weighted by molar-refractivity contribution is 5.80. The van der Waals surface area contributed by atoms with Gasteiger partial charge in [0, 0.05) is 29.5 Å². The molecule has 150 valence electrons. The largest absolute Gasteiger partial charge is 0.341 e. The van der Waals surface area contributed by atoms with Gasteiger partial charge in [0.1, 0.15) is 24.5 Å². The maximum atomic E-state index is 12.9. The van der Waals surface area contributed by atoms with Crippen molar-refractivity contribution < 1.29 is 4.79 Å². The smallest absolute Gasteiger partial charge is 0.254 e. The van der Waals surface area contributed by atoms with Crippen LogP contribution in [0.25, 0.3) is 0 Å². The highest BCUT2D eigenvalue weighted by atomic mass is 16.2. The molecular weight excluding hydrogens is 356 g/mol. The molecule has 1 aliphatic carbocycles. The first-order valence-corrected chi connectivity index (χ1v) is 9.98. The summed E-state index contributed by atoms with van der Waals surface area (Å²) in [5.74, 6) is 0.809. The molecule has 8 nitrogen and oxygen atoms in total. The Hall–Kier alpha value is -2.51. The summed E-state index contributed by atoms with van der Waals surface area (Å²) in [4.78, 5) is 39.2. The minimum absolute atomic E-state index is 0.00473. The maximum Gasteiger partial charge on any atom is 0.254 e. The van der Waals surface area contributed by atoms with E-state index in [1.807, 2.05) is 11.8 Å². The summed E-state index contributed by atoms with van der Waals surface area (Å²) in [6, 6.07) is -0.360. The van der Waals surface area contributed by atoms with Gasteiger partial charge in [-0.3, -0.25) is 9.59 Å². The lowest BCUT2D eigenvalue weighted by Gasteiger charge is -2.40. The van der Waals surface area contributed by atoms with E-state index in [1.54, 1.807) is 11.0 Å². The summed E-state index contributed by atoms with van der Waals surface area (Å²) in [7, 11) is 0. The molecule has 1 spiro atoms. The van der Waals surface area contributed by atoms with Crippen LogP contribution in [-0.4, -0.2) is 48.6 Å². The third-order valence-electron chi connectivity index (χ3n) is 6.30. The van der Waals surface area contributed by atoms with Gasteiger partial charge < -0.3 is 9.88 Å². The summed E-state index contributed by atoms with van der Waals surface area (Å²) in [6.07, 6.45) is 6.41. The predicted molar refractivity (Wildman–Crippen MR) is 104 cm³/mol. The molecule has 0 saturated carbocycles. The molecule has 1 atom stereocenters. The molecule has 2 aliphatic rings. The second kappa shape index (κ2) is 6.53. The van der Waals surface area contributed by atoms with E-state index < -0.39 is 0 Å². The Bertz CT molecular complexity index is 933. The molecule has 1 unspecified atom stereocenters. The van der Waals surface area contributed by atoms with Crippen LogP contribution in [0, 0.1) is 0 Å². The number of amides is 1. The number of fused-ring (bicyclic) bond motifs is 2. The van der Waals surface area contributed by atoms with E-state index in [9.17, 15) is 9.59 Å². The highest BCUT2D eigenvalue weighted by Crippen LogP contribution is 2.44. The van der Waals surface area contributed by atoms with E-state index in [0.717, 1.165) is 42.8 Å². The van der Waals surface area contributed by atoms with Gasteiger partial charge in [-0.25, -0.2) is 14.6 Å². The number of piperidine rings is 1. The molecule has 2 aromatic heterocycles. The van der Waals surface area contributed by atoms with Crippen LogP contribution in [0.2, 0.25) is 0 Å². The normalized spacial score (nSPS) is 19.6. The Morgan fingerprint density at radius 2 is 1.96 bits per heavy atom. The number of hydrogen-bond acceptors (Lipinski definition) is 5. The molecule has 1 saturated heterocycles. The average molecular weight is 384 g/mol. The zero-order chi connectivity index (χ0) is 20.1. The summed E-state index contributed by atoms with van der Waals surface area (Å²) in [6.45, 7) is 9.39. The SMILES string of the molecule is CC(C(=O)N1CCC2(CCc3c2nc(C(C)(C)C)[nH]c3=O)CC1)n1cncn1. The van der Waals surface area contributed by atoms with Gasteiger partial charge in [0.15, 0.2) is 0 Å². The molecule has 1 amide bonds. The van der Waals surface area contributed by atoms with Crippen molar-refractivity contribution in [1.82, 2.24) is 29.6 Å². The lowest BCUT2D eigenvalue weighted by atomic mass is 9.76. The molecule has 28 heavy (non-hydrogen) atoms. The number of nitrogens with one attached hydrogen (secondary N) is 1. The number of rotatable bonds is 2. The van der Waals surface area contributed by atoms with Gasteiger partial charge >= 0.3 is 0 Å². The molecule has 0 bridgehead atoms. The van der Waals surface area contributed by atoms with Gasteiger partial charge in [-0.05, 0) is 32.6 Å². The molecule has 0 radical (unpaired) electrons. The van der Waals surface area contributed by atoms with Crippen LogP contribution >= 0.6 is 0 Å². The minimum atomic E-state index is -0.360. The topological polar surface area (TPSA) is 96.8 Å². The van der Waals surface area contributed by atoms with E-state index in [-0.39, 0.29) is 28.3 Å². The molecule has 1 fully saturated rings. The molecule has 2 aromatic rings. The predicted octanol–water partition coefficient (Wildman–Crippen LogP) is 1.73. The number of hydrogen-bond donors (Lipinski definition) is 1. The summed E-state index contributed by atoms with van der Waals surface area (Å²) in [5.41, 5.74) is 1.52. The van der Waals surface area contributed by atoms with Crippen LogP contribution in [0.1, 0.15) is 70.1 Å². The van der Waals surface area contributed by atoms with Gasteiger partial charge in [-0.1, -0.05) is 20.8 Å². The Morgan fingerprint density at radius 1 is 1.25 bits per heavy atom. The highest BCUT2D eigenvalue weighted by Gasteiger charge is 2.45. The first kappa shape index (κ1) is 18.8. The molecule has 0 aromatic carbocycles. The second-order valence-electron chi connectivity index (χ2n) is 9.15. The molecule has 1 aliphatic heterocycles. The molecule has 3 heterocycles. The van der Waals surface area contributed by atoms with Crippen LogP contribution in [0.5, 0.6) is 0 Å². The van der Waals surface area contributed by atoms with Crippen molar-refractivity contribution in [3.05, 3.63) is 40.1 Å². The number of carbonyl (C=O) groups is 1. The molecular formula is C20H28N6O2. The van der Waals surface area contributed by atoms with E-state index >= 15 is 0 Å². The Kier molecular flexibility index (Phi) is 4.39. The fourth-order valence-electron chi connectivity index (χ4n) is 4.44. The minimum Gasteiger partial charge on any atom is -0.341 e. The maximum absolute atomic E-state index is 12.9. The van der Waals surface area contributed by atoms with Crippen LogP contribution in [0.3, 0.4) is 0 Å². The van der Waals surface area contributed by atoms with Gasteiger partial charge in [-0.15, -0.1) is 0 Å². The van der Waals surface area contributed by atoms with Crippen molar-refractivity contribution >= 4 is 5.91 Å². The lowest BCUT2D eigenvalue weighted by molar-refractivity contribution is -0.136. The zero-order valence-electron chi connectivity index (χ0n) is 17.0. The van der Waals surface area contributed by atoms with Gasteiger partial charge in [-0.2, -0.15) is 5.10 Å². The third-order valence-corrected chi connectivity index (χ3v) is 6.30. The zero-order valence-corrected chi connectivity index (χ0v) is 17.0. The second-order valence-corrected chi connectivity index (χ2v) is 9.15. The van der Waals surface area contributed by atoms with Crippen molar-refractivity contribution in [2.24, 2.45) is 0 Å². The van der Waals surface area contributed by atoms with Crippen molar-refractivity contribution in [3.63, 3.8) is 0 Å². The Labute approximate surface area is 164 Å². The fourth-order valence-corrected chi connectivity index (χ4v) is 4.44. The summed E-state index contributed by atoms with van der Waals surface area (Å²) < 4.78 is 1.59. The van der Waals surface area contributed by atoms with Gasteiger partial charge in [0.2, 0.25) is 5.91 Å². The van der Waals surface area contributed by atoms with Crippen LogP contribution in [-0.2, 0) is 22.0 Å². The van der Waals surface area contributed by atoms with E-state index in [0.29, 0.717) is 13.1 Å². The number of likely N-dealkylation sites (tertiary alicyclic amines) is 1. The first-order valence-electron chi connectivity index (χ1n) is 9.98. The summed E-state index contributed by atoms with van der Waals surface area (Å²) in [5, 5.41) is 4.08. The molecule has 8 heteroatoms. The standard InChI is InChI=1S/C20H28N6O2/c1-13(26-12-21-11-22-26)17(28)25-9-7-20(8-10-25)6-5-14-15(20)23-18(19(2,3)4)24-16(14)27/h11-13H,5-10H2,1-4H3,(H,23,24,27). The number of H-pyrrole nitrogens is 1. The fraction of sp³-hybridized carbons (Fsp3) is 0.650. The Balaban J connectivity index is 1.55. The van der Waals surface area contributed by atoms with E-state index in [1.165, 1.54) is 6.33 Å². The third kappa shape index (κ3) is 3.04. The van der Waals surface area contributed by atoms with Crippen LogP contribution in [0.4, 0.5) is 0 Å². The first-order chi connectivity index (χ1) is 13.2. The van der Waals surface area contributed by atoms with Crippen molar-refractivity contribution in [3.8, 4) is 0 Å². The quantitative estimate of drug-likeness (QED) is 0.850. The van der Waals surface area contributed by atoms with Crippen LogP contribution < -0.4 is 5.56 Å². The summed E-state index contributed by atoms with van der Waals surface area (Å²) >= 11 is 0. The van der Waals surface area contributed by atoms with E-state index in [4.69, 9.17) is 4.98 Å². The number of carbonyl (C=O) groups excluding carboxylic acids is 1. The van der Waals surface area contributed by atoms with Gasteiger partial charge in [0.05, 0.1) is 5.69 Å². The van der Waals surface area contributed by atoms with Crippen molar-refractivity contribution in [1.29, 1.82) is 0 Å². The van der Waals surface area contributed by atoms with Crippen molar-refractivity contribution in [2.75, 3.05) is 13.1 Å². The molecule has 1 N–H and O–H groups in total. The number of nitrogens with zero attached hydrogens (tertiary/aromatic N) is 5. The number of aromatic nitrogens is 5. The Morgan fingerprint density at radius 3 is 2.57 bits per heavy atom.